The molecule has 1 rings (SSSR count). The monoisotopic (exact) mass is 260 g/mol. The van der Waals surface area contributed by atoms with Gasteiger partial charge >= 0.3 is 0 Å². The van der Waals surface area contributed by atoms with Crippen molar-refractivity contribution in [3.8, 4) is 0 Å². The van der Waals surface area contributed by atoms with Crippen LogP contribution in [-0.4, -0.2) is 35.3 Å². The molecule has 1 heterocycles. The molecule has 1 aromatic heterocycles. The summed E-state index contributed by atoms with van der Waals surface area (Å²) in [7, 11) is 1.84. The van der Waals surface area contributed by atoms with Gasteiger partial charge in [-0.25, -0.2) is 0 Å². The van der Waals surface area contributed by atoms with Crippen LogP contribution >= 0.6 is 12.4 Å². The van der Waals surface area contributed by atoms with Crippen LogP contribution in [0.15, 0.2) is 0 Å². The molecule has 1 aromatic rings. The Labute approximate surface area is 108 Å². The quantitative estimate of drug-likeness (QED) is 0.770. The highest BCUT2D eigenvalue weighted by Crippen LogP contribution is 2.10. The maximum Gasteiger partial charge on any atom is 0.255 e. The van der Waals surface area contributed by atoms with Crippen molar-refractivity contribution in [3.63, 3.8) is 0 Å². The zero-order chi connectivity index (χ0) is 12.1. The first-order valence-electron chi connectivity index (χ1n) is 5.57. The van der Waals surface area contributed by atoms with E-state index in [0.717, 1.165) is 24.5 Å². The van der Waals surface area contributed by atoms with Gasteiger partial charge in [0.2, 0.25) is 0 Å². The number of aryl methyl sites for hydroxylation is 2. The molecule has 5 nitrogen and oxygen atoms in total. The second-order valence-electron chi connectivity index (χ2n) is 3.78. The number of hydrogen-bond donors (Lipinski definition) is 2. The topological polar surface area (TPSA) is 58.9 Å². The predicted molar refractivity (Wildman–Crippen MR) is 70.8 cm³/mol. The Hall–Kier alpha value is -1.07. The number of nitrogens with zero attached hydrogens (tertiary/aromatic N) is 2. The molecule has 0 fully saturated rings. The molecular weight excluding hydrogens is 240 g/mol. The van der Waals surface area contributed by atoms with Crippen LogP contribution in [0.4, 0.5) is 0 Å². The van der Waals surface area contributed by atoms with Crippen LogP contribution < -0.4 is 10.6 Å². The van der Waals surface area contributed by atoms with Crippen molar-refractivity contribution < 1.29 is 4.79 Å². The Kier molecular flexibility index (Phi) is 6.83. The van der Waals surface area contributed by atoms with Gasteiger partial charge in [0.05, 0.1) is 11.3 Å². The number of halogens is 1. The van der Waals surface area contributed by atoms with Crippen molar-refractivity contribution in [2.45, 2.75) is 20.8 Å². The molecule has 0 aliphatic carbocycles. The van der Waals surface area contributed by atoms with Gasteiger partial charge in [-0.2, -0.15) is 5.10 Å². The molecule has 2 N–H and O–H groups in total. The van der Waals surface area contributed by atoms with Crippen molar-refractivity contribution >= 4 is 18.3 Å². The molecule has 98 valence electrons. The molecule has 0 aliphatic rings. The molecule has 0 unspecified atom stereocenters. The van der Waals surface area contributed by atoms with Crippen LogP contribution in [0.5, 0.6) is 0 Å². The number of hydrogen-bond acceptors (Lipinski definition) is 3. The van der Waals surface area contributed by atoms with Gasteiger partial charge in [0, 0.05) is 25.8 Å². The lowest BCUT2D eigenvalue weighted by molar-refractivity contribution is 0.0952. The normalized spacial score (nSPS) is 9.88. The molecule has 0 radical (unpaired) electrons. The first kappa shape index (κ1) is 15.9. The van der Waals surface area contributed by atoms with Crippen molar-refractivity contribution in [3.05, 3.63) is 17.0 Å². The van der Waals surface area contributed by atoms with Crippen LogP contribution in [-0.2, 0) is 7.05 Å². The Morgan fingerprint density at radius 1 is 1.35 bits per heavy atom. The van der Waals surface area contributed by atoms with Crippen molar-refractivity contribution in [2.24, 2.45) is 7.05 Å². The summed E-state index contributed by atoms with van der Waals surface area (Å²) in [5.41, 5.74) is 2.37. The van der Waals surface area contributed by atoms with Gasteiger partial charge < -0.3 is 10.6 Å². The van der Waals surface area contributed by atoms with E-state index in [0.29, 0.717) is 12.1 Å². The summed E-state index contributed by atoms with van der Waals surface area (Å²) in [6.07, 6.45) is 0. The van der Waals surface area contributed by atoms with Crippen LogP contribution in [0, 0.1) is 13.8 Å². The molecular formula is C11H21ClN4O. The molecule has 0 saturated carbocycles. The highest BCUT2D eigenvalue weighted by atomic mass is 35.5. The maximum atomic E-state index is 11.9. The number of amides is 1. The smallest absolute Gasteiger partial charge is 0.255 e. The van der Waals surface area contributed by atoms with Gasteiger partial charge in [0.15, 0.2) is 0 Å². The van der Waals surface area contributed by atoms with Gasteiger partial charge in [-0.15, -0.1) is 12.4 Å². The van der Waals surface area contributed by atoms with E-state index >= 15 is 0 Å². The van der Waals surface area contributed by atoms with Crippen LogP contribution in [0.1, 0.15) is 28.7 Å². The summed E-state index contributed by atoms with van der Waals surface area (Å²) in [6.45, 7) is 8.14. The van der Waals surface area contributed by atoms with Crippen LogP contribution in [0.2, 0.25) is 0 Å². The summed E-state index contributed by atoms with van der Waals surface area (Å²) in [6, 6.07) is 0. The molecule has 0 aliphatic heterocycles. The molecule has 0 saturated heterocycles. The minimum absolute atomic E-state index is 0. The van der Waals surface area contributed by atoms with Gasteiger partial charge in [-0.3, -0.25) is 9.48 Å². The van der Waals surface area contributed by atoms with Crippen molar-refractivity contribution in [2.75, 3.05) is 19.6 Å². The van der Waals surface area contributed by atoms with Gasteiger partial charge in [0.25, 0.3) is 5.91 Å². The van der Waals surface area contributed by atoms with E-state index in [1.165, 1.54) is 0 Å². The Balaban J connectivity index is 0.00000256. The van der Waals surface area contributed by atoms with Crippen molar-refractivity contribution in [1.82, 2.24) is 20.4 Å². The molecule has 0 spiro atoms. The fraction of sp³-hybridized carbons (Fsp3) is 0.636. The van der Waals surface area contributed by atoms with E-state index < -0.39 is 0 Å². The minimum Gasteiger partial charge on any atom is -0.351 e. The number of aromatic nitrogens is 2. The first-order chi connectivity index (χ1) is 7.57. The van der Waals surface area contributed by atoms with Crippen molar-refractivity contribution in [1.29, 1.82) is 0 Å². The number of likely N-dealkylation sites (N-methyl/N-ethyl adjacent to an activating group) is 1. The Morgan fingerprint density at radius 3 is 2.47 bits per heavy atom. The first-order valence-corrected chi connectivity index (χ1v) is 5.57. The summed E-state index contributed by atoms with van der Waals surface area (Å²) in [4.78, 5) is 11.9. The second-order valence-corrected chi connectivity index (χ2v) is 3.78. The Morgan fingerprint density at radius 2 is 2.00 bits per heavy atom. The zero-order valence-corrected chi connectivity index (χ0v) is 11.6. The second kappa shape index (κ2) is 7.29. The molecule has 0 atom stereocenters. The minimum atomic E-state index is -0.0407. The van der Waals surface area contributed by atoms with Gasteiger partial charge in [-0.1, -0.05) is 6.92 Å². The largest absolute Gasteiger partial charge is 0.351 e. The summed E-state index contributed by atoms with van der Waals surface area (Å²) in [5.74, 6) is -0.0407. The lowest BCUT2D eigenvalue weighted by Crippen LogP contribution is -2.32. The molecule has 0 bridgehead atoms. The average molecular weight is 261 g/mol. The zero-order valence-electron chi connectivity index (χ0n) is 10.8. The van der Waals surface area contributed by atoms with Gasteiger partial charge in [0.1, 0.15) is 0 Å². The fourth-order valence-electron chi connectivity index (χ4n) is 1.63. The van der Waals surface area contributed by atoms with E-state index in [4.69, 9.17) is 0 Å². The molecule has 1 amide bonds. The fourth-order valence-corrected chi connectivity index (χ4v) is 1.63. The van der Waals surface area contributed by atoms with E-state index in [-0.39, 0.29) is 18.3 Å². The van der Waals surface area contributed by atoms with E-state index in [1.807, 2.05) is 27.8 Å². The third-order valence-corrected chi connectivity index (χ3v) is 2.57. The molecule has 17 heavy (non-hydrogen) atoms. The number of carbonyl (C=O) groups excluding carboxylic acids is 1. The number of rotatable bonds is 5. The van der Waals surface area contributed by atoms with E-state index in [1.54, 1.807) is 4.68 Å². The SMILES string of the molecule is CCNCCNC(=O)c1c(C)nn(C)c1C.Cl. The lowest BCUT2D eigenvalue weighted by Gasteiger charge is -2.05. The summed E-state index contributed by atoms with van der Waals surface area (Å²) < 4.78 is 1.73. The lowest BCUT2D eigenvalue weighted by atomic mass is 10.2. The highest BCUT2D eigenvalue weighted by molar-refractivity contribution is 5.96. The summed E-state index contributed by atoms with van der Waals surface area (Å²) >= 11 is 0. The Bertz CT molecular complexity index is 376. The highest BCUT2D eigenvalue weighted by Gasteiger charge is 2.16. The number of nitrogens with one attached hydrogen (secondary N) is 2. The molecule has 6 heteroatoms. The van der Waals surface area contributed by atoms with Gasteiger partial charge in [-0.05, 0) is 20.4 Å². The number of carbonyl (C=O) groups is 1. The third kappa shape index (κ3) is 4.02. The molecule has 0 aromatic carbocycles. The predicted octanol–water partition coefficient (Wildman–Crippen LogP) is 0.798. The van der Waals surface area contributed by atoms with E-state index in [2.05, 4.69) is 15.7 Å². The standard InChI is InChI=1S/C11H20N4O.ClH/c1-5-12-6-7-13-11(16)10-8(2)14-15(4)9(10)3;/h12H,5-7H2,1-4H3,(H,13,16);1H. The third-order valence-electron chi connectivity index (χ3n) is 2.57. The summed E-state index contributed by atoms with van der Waals surface area (Å²) in [5, 5.41) is 10.2. The van der Waals surface area contributed by atoms with Crippen LogP contribution in [0.3, 0.4) is 0 Å². The maximum absolute atomic E-state index is 11.9. The van der Waals surface area contributed by atoms with Crippen LogP contribution in [0.25, 0.3) is 0 Å². The average Bonchev–Trinajstić information content (AvgIpc) is 2.48. The van der Waals surface area contributed by atoms with E-state index in [9.17, 15) is 4.79 Å².